The van der Waals surface area contributed by atoms with Crippen molar-refractivity contribution in [3.63, 3.8) is 0 Å². The minimum Gasteiger partial charge on any atom is -0.394 e. The Bertz CT molecular complexity index is 1670. The first-order chi connectivity index (χ1) is 39.3. The first-order valence-electron chi connectivity index (χ1n) is 32.8. The minimum atomic E-state index is -1.59. The van der Waals surface area contributed by atoms with E-state index in [1.54, 1.807) is 6.08 Å². The average Bonchev–Trinajstić information content (AvgIpc) is 3.46. The molecule has 0 bridgehead atoms. The molecule has 1 rings (SSSR count). The second-order valence-corrected chi connectivity index (χ2v) is 22.2. The van der Waals surface area contributed by atoms with Crippen LogP contribution in [-0.2, 0) is 14.3 Å². The van der Waals surface area contributed by atoms with Gasteiger partial charge < -0.3 is 40.3 Å². The van der Waals surface area contributed by atoms with Gasteiger partial charge in [0.1, 0.15) is 24.4 Å². The summed E-state index contributed by atoms with van der Waals surface area (Å²) >= 11 is 0. The van der Waals surface area contributed by atoms with Crippen LogP contribution in [0.15, 0.2) is 122 Å². The van der Waals surface area contributed by atoms with Crippen molar-refractivity contribution in [3.8, 4) is 0 Å². The van der Waals surface area contributed by atoms with Crippen molar-refractivity contribution in [2.75, 3.05) is 13.2 Å². The van der Waals surface area contributed by atoms with E-state index in [2.05, 4.69) is 129 Å². The lowest BCUT2D eigenvalue weighted by Crippen LogP contribution is -2.60. The van der Waals surface area contributed by atoms with Gasteiger partial charge in [0.15, 0.2) is 6.29 Å². The molecular weight excluding hydrogens is 995 g/mol. The van der Waals surface area contributed by atoms with Gasteiger partial charge in [-0.1, -0.05) is 283 Å². The maximum atomic E-state index is 13.1. The molecule has 1 amide bonds. The van der Waals surface area contributed by atoms with Gasteiger partial charge in [-0.2, -0.15) is 0 Å². The largest absolute Gasteiger partial charge is 0.394 e. The van der Waals surface area contributed by atoms with E-state index in [0.717, 1.165) is 83.5 Å². The number of aliphatic hydroxyl groups excluding tert-OH is 5. The monoisotopic (exact) mass is 1120 g/mol. The summed E-state index contributed by atoms with van der Waals surface area (Å²) in [6.07, 6.45) is 81.5. The molecule has 7 unspecified atom stereocenters. The zero-order chi connectivity index (χ0) is 57.9. The van der Waals surface area contributed by atoms with E-state index in [9.17, 15) is 30.3 Å². The number of nitrogens with one attached hydrogen (secondary N) is 1. The predicted octanol–water partition coefficient (Wildman–Crippen LogP) is 17.5. The molecule has 0 aromatic rings. The van der Waals surface area contributed by atoms with E-state index in [1.165, 1.54) is 154 Å². The molecule has 0 spiro atoms. The second-order valence-electron chi connectivity index (χ2n) is 22.2. The van der Waals surface area contributed by atoms with E-state index in [0.29, 0.717) is 6.42 Å². The van der Waals surface area contributed by atoms with E-state index >= 15 is 0 Å². The van der Waals surface area contributed by atoms with Crippen LogP contribution in [0, 0.1) is 0 Å². The fourth-order valence-corrected chi connectivity index (χ4v) is 9.66. The van der Waals surface area contributed by atoms with Crippen LogP contribution in [0.25, 0.3) is 0 Å². The number of allylic oxidation sites excluding steroid dienone is 19. The third-order valence-corrected chi connectivity index (χ3v) is 14.8. The molecule has 1 aliphatic rings. The van der Waals surface area contributed by atoms with Crippen LogP contribution >= 0.6 is 0 Å². The molecule has 6 N–H and O–H groups in total. The SMILES string of the molecule is CC/C=C\C/C=C\C/C=C\C/C=C\C/C=C\C/C=C\C/C=C\C/C=C\CCCCC(=O)NC(COC1OC(CO)C(O)C(O)C1O)C(O)/C=C/CC/C=C/CCCCCCCCCCCCCCCCCCCCCCCCCC. The molecule has 0 saturated carbocycles. The number of hydrogen-bond acceptors (Lipinski definition) is 8. The lowest BCUT2D eigenvalue weighted by Gasteiger charge is -2.40. The Balaban J connectivity index is 2.25. The average molecular weight is 1120 g/mol. The molecule has 1 fully saturated rings. The topological polar surface area (TPSA) is 149 Å². The molecular formula is C71H121NO8. The summed E-state index contributed by atoms with van der Waals surface area (Å²) in [7, 11) is 0. The van der Waals surface area contributed by atoms with Gasteiger partial charge >= 0.3 is 0 Å². The number of carbonyl (C=O) groups is 1. The molecule has 1 saturated heterocycles. The van der Waals surface area contributed by atoms with Crippen LogP contribution in [0.3, 0.4) is 0 Å². The van der Waals surface area contributed by atoms with Gasteiger partial charge in [0.2, 0.25) is 5.91 Å². The number of ether oxygens (including phenoxy) is 2. The summed E-state index contributed by atoms with van der Waals surface area (Å²) in [6.45, 7) is 3.64. The van der Waals surface area contributed by atoms with Crippen LogP contribution in [-0.4, -0.2) is 87.5 Å². The van der Waals surface area contributed by atoms with Gasteiger partial charge in [0.05, 0.1) is 25.4 Å². The molecule has 0 radical (unpaired) electrons. The summed E-state index contributed by atoms with van der Waals surface area (Å²) in [5.74, 6) is -0.232. The molecule has 458 valence electrons. The minimum absolute atomic E-state index is 0.226. The molecule has 9 heteroatoms. The summed E-state index contributed by atoms with van der Waals surface area (Å²) in [5, 5.41) is 54.6. The number of unbranched alkanes of at least 4 members (excludes halogenated alkanes) is 27. The highest BCUT2D eigenvalue weighted by Gasteiger charge is 2.44. The summed E-state index contributed by atoms with van der Waals surface area (Å²) in [4.78, 5) is 13.1. The number of amides is 1. The van der Waals surface area contributed by atoms with Crippen molar-refractivity contribution in [2.45, 2.75) is 307 Å². The molecule has 7 atom stereocenters. The second kappa shape index (κ2) is 58.8. The van der Waals surface area contributed by atoms with Gasteiger partial charge in [0, 0.05) is 6.42 Å². The zero-order valence-corrected chi connectivity index (χ0v) is 51.0. The molecule has 9 nitrogen and oxygen atoms in total. The standard InChI is InChI=1S/C71H121NO8/c1-3-5-7-9-11-13-15-17-19-21-23-25-27-29-31-32-33-35-36-38-40-42-44-46-48-50-52-54-56-58-60-65(74)64(63-79-71-70(78)69(77)68(76)66(62-73)80-71)72-67(75)61-59-57-55-53-51-49-47-45-43-41-39-37-34-30-28-26-24-22-20-18-16-14-12-10-8-6-4-2/h6,8,12,14,18,20,24,26,30,34,39,41,45,47,50-53,58,60,64-66,68-71,73-74,76-78H,3-5,7,9-11,13,15-17,19,21-23,25,27-29,31-33,35-38,40,42-44,46,48-49,54-57,59,61-63H2,1-2H3,(H,72,75)/b8-6-,14-12-,20-18-,26-24-,34-30-,41-39-,47-45-,52-50+,53-51-,60-58+. The molecule has 80 heavy (non-hydrogen) atoms. The summed E-state index contributed by atoms with van der Waals surface area (Å²) in [6, 6.07) is -0.857. The van der Waals surface area contributed by atoms with Gasteiger partial charge in [0.25, 0.3) is 0 Å². The maximum absolute atomic E-state index is 13.1. The van der Waals surface area contributed by atoms with Crippen molar-refractivity contribution < 1.29 is 39.8 Å². The van der Waals surface area contributed by atoms with Gasteiger partial charge in [-0.3, -0.25) is 4.79 Å². The van der Waals surface area contributed by atoms with Crippen LogP contribution < -0.4 is 5.32 Å². The Kier molecular flexibility index (Phi) is 54.8. The van der Waals surface area contributed by atoms with Crippen molar-refractivity contribution in [1.82, 2.24) is 5.32 Å². The number of hydrogen-bond donors (Lipinski definition) is 6. The van der Waals surface area contributed by atoms with Crippen LogP contribution in [0.4, 0.5) is 0 Å². The quantitative estimate of drug-likeness (QED) is 0.0261. The van der Waals surface area contributed by atoms with Crippen molar-refractivity contribution in [3.05, 3.63) is 122 Å². The van der Waals surface area contributed by atoms with Crippen molar-refractivity contribution in [1.29, 1.82) is 0 Å². The molecule has 0 aromatic carbocycles. The number of aliphatic hydroxyl groups is 5. The first-order valence-corrected chi connectivity index (χ1v) is 32.8. The Hall–Kier alpha value is -3.41. The van der Waals surface area contributed by atoms with Crippen molar-refractivity contribution in [2.24, 2.45) is 0 Å². The molecule has 1 aliphatic heterocycles. The van der Waals surface area contributed by atoms with Gasteiger partial charge in [-0.05, 0) is 96.3 Å². The normalized spacial score (nSPS) is 19.3. The van der Waals surface area contributed by atoms with Crippen LogP contribution in [0.2, 0.25) is 0 Å². The Morgan fingerprint density at radius 3 is 1.20 bits per heavy atom. The fourth-order valence-electron chi connectivity index (χ4n) is 9.66. The predicted molar refractivity (Wildman–Crippen MR) is 340 cm³/mol. The van der Waals surface area contributed by atoms with E-state index < -0.39 is 49.5 Å². The third kappa shape index (κ3) is 47.1. The third-order valence-electron chi connectivity index (χ3n) is 14.8. The lowest BCUT2D eigenvalue weighted by molar-refractivity contribution is -0.302. The van der Waals surface area contributed by atoms with Gasteiger partial charge in [-0.25, -0.2) is 0 Å². The molecule has 0 aromatic heterocycles. The highest BCUT2D eigenvalue weighted by molar-refractivity contribution is 5.76. The van der Waals surface area contributed by atoms with Crippen LogP contribution in [0.1, 0.15) is 264 Å². The van der Waals surface area contributed by atoms with E-state index in [-0.39, 0.29) is 18.9 Å². The highest BCUT2D eigenvalue weighted by atomic mass is 16.7. The Labute approximate surface area is 490 Å². The Morgan fingerprint density at radius 2 is 0.787 bits per heavy atom. The van der Waals surface area contributed by atoms with E-state index in [1.807, 2.05) is 6.08 Å². The van der Waals surface area contributed by atoms with E-state index in [4.69, 9.17) is 9.47 Å². The summed E-state index contributed by atoms with van der Waals surface area (Å²) < 4.78 is 11.3. The smallest absolute Gasteiger partial charge is 0.220 e. The summed E-state index contributed by atoms with van der Waals surface area (Å²) in [5.41, 5.74) is 0. The highest BCUT2D eigenvalue weighted by Crippen LogP contribution is 2.23. The Morgan fingerprint density at radius 1 is 0.438 bits per heavy atom. The zero-order valence-electron chi connectivity index (χ0n) is 51.0. The fraction of sp³-hybridized carbons (Fsp3) is 0.704. The molecule has 0 aliphatic carbocycles. The van der Waals surface area contributed by atoms with Gasteiger partial charge in [-0.15, -0.1) is 0 Å². The molecule has 1 heterocycles. The lowest BCUT2D eigenvalue weighted by atomic mass is 9.99. The first kappa shape index (κ1) is 74.6. The van der Waals surface area contributed by atoms with Crippen molar-refractivity contribution >= 4 is 5.91 Å². The number of rotatable bonds is 55. The maximum Gasteiger partial charge on any atom is 0.220 e. The van der Waals surface area contributed by atoms with Crippen LogP contribution in [0.5, 0.6) is 0 Å². The number of carbonyl (C=O) groups excluding carboxylic acids is 1.